The highest BCUT2D eigenvalue weighted by Gasteiger charge is 2.27. The van der Waals surface area contributed by atoms with Crippen LogP contribution in [-0.2, 0) is 6.42 Å². The Bertz CT molecular complexity index is 968. The van der Waals surface area contributed by atoms with Crippen LogP contribution >= 0.6 is 0 Å². The highest BCUT2D eigenvalue weighted by molar-refractivity contribution is 5.97. The first-order valence-corrected chi connectivity index (χ1v) is 10.5. The molecule has 2 aliphatic heterocycles. The summed E-state index contributed by atoms with van der Waals surface area (Å²) in [7, 11) is 0. The number of hydrogen-bond donors (Lipinski definition) is 1. The average molecular weight is 409 g/mol. The number of pyridine rings is 2. The maximum absolute atomic E-state index is 13.1. The zero-order valence-electron chi connectivity index (χ0n) is 17.8. The van der Waals surface area contributed by atoms with Crippen molar-refractivity contribution in [3.63, 3.8) is 0 Å². The van der Waals surface area contributed by atoms with Crippen LogP contribution in [0.15, 0.2) is 24.4 Å². The third-order valence-electron chi connectivity index (χ3n) is 5.82. The number of aromatic nitrogens is 2. The Labute approximate surface area is 176 Å². The van der Waals surface area contributed by atoms with Gasteiger partial charge in [-0.2, -0.15) is 0 Å². The zero-order valence-corrected chi connectivity index (χ0v) is 17.8. The van der Waals surface area contributed by atoms with Crippen LogP contribution in [0.2, 0.25) is 0 Å². The number of carbonyl (C=O) groups excluding carboxylic acids is 2. The number of nitrogens with one attached hydrogen (secondary N) is 1. The molecule has 3 amide bonds. The normalized spacial score (nSPS) is 16.8. The highest BCUT2D eigenvalue weighted by Crippen LogP contribution is 2.22. The van der Waals surface area contributed by atoms with Crippen LogP contribution in [0, 0.1) is 13.8 Å². The van der Waals surface area contributed by atoms with Crippen LogP contribution in [0.1, 0.15) is 34.1 Å². The summed E-state index contributed by atoms with van der Waals surface area (Å²) in [5, 5.41) is 2.77. The summed E-state index contributed by atoms with van der Waals surface area (Å²) in [6.07, 6.45) is 2.92. The molecule has 0 bridgehead atoms. The van der Waals surface area contributed by atoms with Gasteiger partial charge in [-0.15, -0.1) is 0 Å². The molecule has 2 saturated heterocycles. The first-order chi connectivity index (χ1) is 14.5. The highest BCUT2D eigenvalue weighted by atomic mass is 16.2. The molecule has 30 heavy (non-hydrogen) atoms. The molecule has 2 aromatic rings. The molecule has 2 fully saturated rings. The number of urea groups is 1. The average Bonchev–Trinajstić information content (AvgIpc) is 3.19. The summed E-state index contributed by atoms with van der Waals surface area (Å²) >= 11 is 0. The molecule has 0 atom stereocenters. The quantitative estimate of drug-likeness (QED) is 0.838. The third kappa shape index (κ3) is 3.81. The van der Waals surface area contributed by atoms with Gasteiger partial charge in [0.1, 0.15) is 11.6 Å². The lowest BCUT2D eigenvalue weighted by Gasteiger charge is -2.36. The van der Waals surface area contributed by atoms with Gasteiger partial charge < -0.3 is 15.1 Å². The van der Waals surface area contributed by atoms with E-state index >= 15 is 0 Å². The molecule has 2 aromatic heterocycles. The number of carbonyl (C=O) groups is 2. The number of aryl methyl sites for hydroxylation is 3. The molecular weight excluding hydrogens is 380 g/mol. The Kier molecular flexibility index (Phi) is 5.57. The van der Waals surface area contributed by atoms with Crippen molar-refractivity contribution >= 4 is 23.6 Å². The number of amides is 3. The van der Waals surface area contributed by atoms with Crippen LogP contribution in [0.5, 0.6) is 0 Å². The van der Waals surface area contributed by atoms with Crippen molar-refractivity contribution in [1.82, 2.24) is 20.2 Å². The lowest BCUT2D eigenvalue weighted by Crippen LogP contribution is -2.49. The fourth-order valence-electron chi connectivity index (χ4n) is 4.06. The fraction of sp³-hybridized carbons (Fsp3) is 0.455. The van der Waals surface area contributed by atoms with Gasteiger partial charge in [0.15, 0.2) is 0 Å². The van der Waals surface area contributed by atoms with Crippen LogP contribution in [0.4, 0.5) is 16.4 Å². The van der Waals surface area contributed by atoms with E-state index in [-0.39, 0.29) is 11.9 Å². The van der Waals surface area contributed by atoms with Crippen LogP contribution in [-0.4, -0.2) is 66.1 Å². The molecular formula is C22H28N6O2. The predicted molar refractivity (Wildman–Crippen MR) is 116 cm³/mol. The molecule has 0 unspecified atom stereocenters. The Morgan fingerprint density at radius 2 is 1.90 bits per heavy atom. The minimum absolute atomic E-state index is 0.0110. The first kappa shape index (κ1) is 20.1. The summed E-state index contributed by atoms with van der Waals surface area (Å²) in [6.45, 7) is 10.0. The zero-order chi connectivity index (χ0) is 21.3. The van der Waals surface area contributed by atoms with E-state index in [1.165, 1.54) is 11.1 Å². The van der Waals surface area contributed by atoms with E-state index in [1.54, 1.807) is 17.0 Å². The Morgan fingerprint density at radius 1 is 1.13 bits per heavy atom. The van der Waals surface area contributed by atoms with Crippen LogP contribution in [0.3, 0.4) is 0 Å². The number of nitrogens with zero attached hydrogens (tertiary/aromatic N) is 5. The summed E-state index contributed by atoms with van der Waals surface area (Å²) in [6, 6.07) is 5.58. The molecule has 1 N–H and O–H groups in total. The standard InChI is InChI=1S/C22H28N6O2/c1-4-17-13-15(2)20(24-14-17)26-9-11-27(12-10-26)21(29)18-5-6-19(25-16(18)3)28-8-7-23-22(28)30/h5-6,13-14H,4,7-12H2,1-3H3,(H,23,30). The first-order valence-electron chi connectivity index (χ1n) is 10.5. The molecule has 0 aliphatic carbocycles. The van der Waals surface area contributed by atoms with Gasteiger partial charge in [0.2, 0.25) is 0 Å². The minimum atomic E-state index is -0.145. The predicted octanol–water partition coefficient (Wildman–Crippen LogP) is 2.15. The Balaban J connectivity index is 1.42. The van der Waals surface area contributed by atoms with Gasteiger partial charge in [-0.05, 0) is 43.5 Å². The van der Waals surface area contributed by atoms with Crippen LogP contribution < -0.4 is 15.1 Å². The topological polar surface area (TPSA) is 81.7 Å². The monoisotopic (exact) mass is 408 g/mol. The Hall–Kier alpha value is -3.16. The largest absolute Gasteiger partial charge is 0.353 e. The number of piperazine rings is 1. The molecule has 0 spiro atoms. The van der Waals surface area contributed by atoms with Gasteiger partial charge in [0.05, 0.1) is 11.3 Å². The van der Waals surface area contributed by atoms with Crippen molar-refractivity contribution in [3.05, 3.63) is 46.8 Å². The van der Waals surface area contributed by atoms with Crippen molar-refractivity contribution < 1.29 is 9.59 Å². The van der Waals surface area contributed by atoms with Crippen molar-refractivity contribution in [2.45, 2.75) is 27.2 Å². The van der Waals surface area contributed by atoms with Crippen molar-refractivity contribution in [2.24, 2.45) is 0 Å². The molecule has 158 valence electrons. The minimum Gasteiger partial charge on any atom is -0.353 e. The lowest BCUT2D eigenvalue weighted by molar-refractivity contribution is 0.0745. The summed E-state index contributed by atoms with van der Waals surface area (Å²) in [4.78, 5) is 39.8. The number of hydrogen-bond acceptors (Lipinski definition) is 5. The van der Waals surface area contributed by atoms with E-state index in [0.717, 1.165) is 25.3 Å². The van der Waals surface area contributed by atoms with E-state index in [1.807, 2.05) is 18.0 Å². The van der Waals surface area contributed by atoms with Crippen LogP contribution in [0.25, 0.3) is 0 Å². The molecule has 4 heterocycles. The van der Waals surface area contributed by atoms with E-state index in [0.29, 0.717) is 43.3 Å². The second-order valence-electron chi connectivity index (χ2n) is 7.80. The van der Waals surface area contributed by atoms with E-state index in [4.69, 9.17) is 0 Å². The molecule has 2 aliphatic rings. The summed E-state index contributed by atoms with van der Waals surface area (Å²) in [5.41, 5.74) is 3.65. The summed E-state index contributed by atoms with van der Waals surface area (Å²) in [5.74, 6) is 1.58. The van der Waals surface area contributed by atoms with Crippen molar-refractivity contribution in [1.29, 1.82) is 0 Å². The van der Waals surface area contributed by atoms with Gasteiger partial charge >= 0.3 is 6.03 Å². The molecule has 0 radical (unpaired) electrons. The lowest BCUT2D eigenvalue weighted by atomic mass is 10.1. The van der Waals surface area contributed by atoms with Gasteiger partial charge in [0, 0.05) is 45.5 Å². The maximum atomic E-state index is 13.1. The number of anilines is 2. The van der Waals surface area contributed by atoms with Gasteiger partial charge in [0.25, 0.3) is 5.91 Å². The van der Waals surface area contributed by atoms with Crippen molar-refractivity contribution in [2.75, 3.05) is 49.1 Å². The van der Waals surface area contributed by atoms with E-state index in [9.17, 15) is 9.59 Å². The Morgan fingerprint density at radius 3 is 2.50 bits per heavy atom. The van der Waals surface area contributed by atoms with E-state index in [2.05, 4.69) is 40.1 Å². The smallest absolute Gasteiger partial charge is 0.323 e. The number of rotatable bonds is 4. The molecule has 4 rings (SSSR count). The molecule has 0 saturated carbocycles. The second-order valence-corrected chi connectivity index (χ2v) is 7.80. The maximum Gasteiger partial charge on any atom is 0.323 e. The summed E-state index contributed by atoms with van der Waals surface area (Å²) < 4.78 is 0. The van der Waals surface area contributed by atoms with Gasteiger partial charge in [-0.3, -0.25) is 9.69 Å². The molecule has 8 heteroatoms. The fourth-order valence-corrected chi connectivity index (χ4v) is 4.06. The molecule has 8 nitrogen and oxygen atoms in total. The second kappa shape index (κ2) is 8.30. The molecule has 0 aromatic carbocycles. The van der Waals surface area contributed by atoms with Gasteiger partial charge in [-0.25, -0.2) is 14.8 Å². The van der Waals surface area contributed by atoms with Crippen molar-refractivity contribution in [3.8, 4) is 0 Å². The van der Waals surface area contributed by atoms with E-state index < -0.39 is 0 Å². The van der Waals surface area contributed by atoms with Gasteiger partial charge in [-0.1, -0.05) is 13.0 Å². The SMILES string of the molecule is CCc1cnc(N2CCN(C(=O)c3ccc(N4CCNC4=O)nc3C)CC2)c(C)c1. The third-order valence-corrected chi connectivity index (χ3v) is 5.82.